The number of halogens is 3. The maximum absolute atomic E-state index is 13.2. The van der Waals surface area contributed by atoms with Gasteiger partial charge in [0.1, 0.15) is 0 Å². The van der Waals surface area contributed by atoms with E-state index < -0.39 is 17.7 Å². The van der Waals surface area contributed by atoms with E-state index in [9.17, 15) is 23.1 Å². The molecule has 0 amide bonds. The second-order valence-corrected chi connectivity index (χ2v) is 6.70. The maximum Gasteiger partial charge on any atom is 0.416 e. The molecule has 1 atom stereocenters. The molecule has 6 heteroatoms. The Kier molecular flexibility index (Phi) is 4.34. The summed E-state index contributed by atoms with van der Waals surface area (Å²) in [6.45, 7) is 0. The second kappa shape index (κ2) is 6.71. The second-order valence-electron chi connectivity index (χ2n) is 6.70. The summed E-state index contributed by atoms with van der Waals surface area (Å²) in [6, 6.07) is 19.4. The van der Waals surface area contributed by atoms with Crippen molar-refractivity contribution in [2.45, 2.75) is 18.6 Å². The molecule has 0 aliphatic carbocycles. The highest BCUT2D eigenvalue weighted by Crippen LogP contribution is 2.47. The minimum absolute atomic E-state index is 0.129. The molecule has 3 aromatic carbocycles. The first-order valence-corrected chi connectivity index (χ1v) is 8.72. The van der Waals surface area contributed by atoms with E-state index in [0.717, 1.165) is 11.6 Å². The summed E-state index contributed by atoms with van der Waals surface area (Å²) in [6.07, 6.45) is -4.01. The molecule has 0 fully saturated rings. The summed E-state index contributed by atoms with van der Waals surface area (Å²) in [5.41, 5.74) is 2.28. The Bertz CT molecular complexity index is 1030. The largest absolute Gasteiger partial charge is 0.478 e. The maximum atomic E-state index is 13.2. The van der Waals surface area contributed by atoms with E-state index in [1.165, 1.54) is 18.2 Å². The van der Waals surface area contributed by atoms with Crippen molar-refractivity contribution in [1.29, 1.82) is 0 Å². The molecule has 0 saturated carbocycles. The molecule has 1 aliphatic rings. The minimum Gasteiger partial charge on any atom is -0.478 e. The number of hydrogen-bond acceptors (Lipinski definition) is 2. The summed E-state index contributed by atoms with van der Waals surface area (Å²) in [5.74, 6) is -1.05. The van der Waals surface area contributed by atoms with E-state index in [2.05, 4.69) is 0 Å². The zero-order valence-corrected chi connectivity index (χ0v) is 14.6. The van der Waals surface area contributed by atoms with Crippen molar-refractivity contribution >= 4 is 17.3 Å². The van der Waals surface area contributed by atoms with Crippen molar-refractivity contribution in [3.63, 3.8) is 0 Å². The Labute approximate surface area is 159 Å². The van der Waals surface area contributed by atoms with Crippen molar-refractivity contribution in [3.05, 3.63) is 95.1 Å². The first-order valence-electron chi connectivity index (χ1n) is 8.72. The molecule has 142 valence electrons. The minimum atomic E-state index is -4.41. The number of benzene rings is 3. The van der Waals surface area contributed by atoms with Crippen LogP contribution in [-0.4, -0.2) is 11.1 Å². The first kappa shape index (κ1) is 18.1. The van der Waals surface area contributed by atoms with Gasteiger partial charge in [-0.15, -0.1) is 0 Å². The highest BCUT2D eigenvalue weighted by atomic mass is 19.4. The summed E-state index contributed by atoms with van der Waals surface area (Å²) >= 11 is 0. The molecule has 1 unspecified atom stereocenters. The lowest BCUT2D eigenvalue weighted by Crippen LogP contribution is -2.20. The highest BCUT2D eigenvalue weighted by molar-refractivity contribution is 5.89. The number of anilines is 2. The fraction of sp³-hybridized carbons (Fsp3) is 0.136. The van der Waals surface area contributed by atoms with E-state index >= 15 is 0 Å². The number of carboxylic acid groups (broad SMARTS) is 1. The van der Waals surface area contributed by atoms with Gasteiger partial charge >= 0.3 is 12.1 Å². The van der Waals surface area contributed by atoms with Crippen LogP contribution in [0.4, 0.5) is 24.5 Å². The zero-order chi connectivity index (χ0) is 19.9. The Balaban J connectivity index is 1.85. The molecule has 3 nitrogen and oxygen atoms in total. The number of aromatic carboxylic acids is 1. The van der Waals surface area contributed by atoms with Crippen LogP contribution in [0.3, 0.4) is 0 Å². The normalized spacial score (nSPS) is 16.1. The molecule has 0 bridgehead atoms. The molecule has 1 aliphatic heterocycles. The fourth-order valence-electron chi connectivity index (χ4n) is 3.68. The van der Waals surface area contributed by atoms with Gasteiger partial charge in [0, 0.05) is 11.4 Å². The molecule has 0 aromatic heterocycles. The van der Waals surface area contributed by atoms with E-state index in [1.54, 1.807) is 18.2 Å². The average Bonchev–Trinajstić information content (AvgIpc) is 3.07. The molecule has 0 saturated heterocycles. The van der Waals surface area contributed by atoms with Gasteiger partial charge in [0.15, 0.2) is 0 Å². The van der Waals surface area contributed by atoms with Gasteiger partial charge in [-0.2, -0.15) is 13.2 Å². The van der Waals surface area contributed by atoms with Gasteiger partial charge in [-0.05, 0) is 53.9 Å². The van der Waals surface area contributed by atoms with E-state index in [1.807, 2.05) is 35.2 Å². The molecule has 0 radical (unpaired) electrons. The first-order chi connectivity index (χ1) is 13.3. The topological polar surface area (TPSA) is 40.5 Å². The third kappa shape index (κ3) is 3.22. The van der Waals surface area contributed by atoms with E-state index in [4.69, 9.17) is 0 Å². The lowest BCUT2D eigenvalue weighted by molar-refractivity contribution is -0.137. The third-order valence-corrected chi connectivity index (χ3v) is 4.95. The molecular formula is C22H16F3NO2. The van der Waals surface area contributed by atoms with Gasteiger partial charge in [0.2, 0.25) is 0 Å². The van der Waals surface area contributed by atoms with E-state index in [-0.39, 0.29) is 11.6 Å². The lowest BCUT2D eigenvalue weighted by atomic mass is 10.0. The molecule has 28 heavy (non-hydrogen) atoms. The average molecular weight is 383 g/mol. The van der Waals surface area contributed by atoms with Crippen LogP contribution in [0.5, 0.6) is 0 Å². The molecule has 1 heterocycles. The third-order valence-electron chi connectivity index (χ3n) is 4.95. The van der Waals surface area contributed by atoms with Crippen LogP contribution in [-0.2, 0) is 12.6 Å². The van der Waals surface area contributed by atoms with Crippen LogP contribution in [0.1, 0.15) is 33.1 Å². The van der Waals surface area contributed by atoms with Crippen molar-refractivity contribution in [2.24, 2.45) is 0 Å². The predicted molar refractivity (Wildman–Crippen MR) is 99.9 cm³/mol. The van der Waals surface area contributed by atoms with Crippen molar-refractivity contribution < 1.29 is 23.1 Å². The van der Waals surface area contributed by atoms with Gasteiger partial charge in [-0.3, -0.25) is 0 Å². The number of alkyl halides is 3. The van der Waals surface area contributed by atoms with E-state index in [0.29, 0.717) is 23.4 Å². The molecule has 1 N–H and O–H groups in total. The van der Waals surface area contributed by atoms with Gasteiger partial charge in [0.05, 0.1) is 17.2 Å². The van der Waals surface area contributed by atoms with Gasteiger partial charge in [0.25, 0.3) is 0 Å². The van der Waals surface area contributed by atoms with Gasteiger partial charge in [-0.1, -0.05) is 36.4 Å². The van der Waals surface area contributed by atoms with Crippen LogP contribution < -0.4 is 4.90 Å². The van der Waals surface area contributed by atoms with Gasteiger partial charge < -0.3 is 10.0 Å². The summed E-state index contributed by atoms with van der Waals surface area (Å²) in [7, 11) is 0. The van der Waals surface area contributed by atoms with Crippen molar-refractivity contribution in [2.75, 3.05) is 4.90 Å². The monoisotopic (exact) mass is 383 g/mol. The molecule has 4 rings (SSSR count). The Morgan fingerprint density at radius 1 is 0.964 bits per heavy atom. The number of fused-ring (bicyclic) bond motifs is 1. The number of nitrogens with zero attached hydrogens (tertiary/aromatic N) is 1. The number of hydrogen-bond donors (Lipinski definition) is 1. The summed E-state index contributed by atoms with van der Waals surface area (Å²) in [5, 5.41) is 9.31. The van der Waals surface area contributed by atoms with Crippen molar-refractivity contribution in [1.82, 2.24) is 0 Å². The number of carboxylic acids is 1. The SMILES string of the molecule is O=C(O)c1cccc(N2c3ccc(C(F)(F)F)cc3CC2c2ccccc2)c1. The summed E-state index contributed by atoms with van der Waals surface area (Å²) < 4.78 is 39.5. The highest BCUT2D eigenvalue weighted by Gasteiger charge is 2.36. The molecule has 0 spiro atoms. The molecule has 3 aromatic rings. The Morgan fingerprint density at radius 2 is 1.71 bits per heavy atom. The van der Waals surface area contributed by atoms with Crippen LogP contribution in [0.2, 0.25) is 0 Å². The molecular weight excluding hydrogens is 367 g/mol. The van der Waals surface area contributed by atoms with Crippen LogP contribution >= 0.6 is 0 Å². The standard InChI is InChI=1S/C22H16F3NO2/c23-22(24,25)17-9-10-19-16(11-17)13-20(14-5-2-1-3-6-14)26(19)18-8-4-7-15(12-18)21(27)28/h1-12,20H,13H2,(H,27,28). The summed E-state index contributed by atoms with van der Waals surface area (Å²) in [4.78, 5) is 13.3. The fourth-order valence-corrected chi connectivity index (χ4v) is 3.68. The lowest BCUT2D eigenvalue weighted by Gasteiger charge is -2.28. The Hall–Kier alpha value is -3.28. The Morgan fingerprint density at radius 3 is 2.39 bits per heavy atom. The predicted octanol–water partition coefficient (Wildman–Crippen LogP) is 5.84. The number of rotatable bonds is 3. The van der Waals surface area contributed by atoms with Crippen LogP contribution in [0.15, 0.2) is 72.8 Å². The smallest absolute Gasteiger partial charge is 0.416 e. The van der Waals surface area contributed by atoms with Crippen molar-refractivity contribution in [3.8, 4) is 0 Å². The zero-order valence-electron chi connectivity index (χ0n) is 14.6. The van der Waals surface area contributed by atoms with Crippen LogP contribution in [0.25, 0.3) is 0 Å². The quantitative estimate of drug-likeness (QED) is 0.618. The van der Waals surface area contributed by atoms with Crippen LogP contribution in [0, 0.1) is 0 Å². The number of carbonyl (C=O) groups is 1. The van der Waals surface area contributed by atoms with Gasteiger partial charge in [-0.25, -0.2) is 4.79 Å².